The summed E-state index contributed by atoms with van der Waals surface area (Å²) in [6.45, 7) is 5.53. The Morgan fingerprint density at radius 3 is 2.88 bits per heavy atom. The van der Waals surface area contributed by atoms with Gasteiger partial charge < -0.3 is 15.8 Å². The molecule has 3 rings (SSSR count). The lowest BCUT2D eigenvalue weighted by Crippen LogP contribution is -2.27. The van der Waals surface area contributed by atoms with Crippen molar-refractivity contribution < 1.29 is 9.53 Å². The Hall–Kier alpha value is -2.40. The van der Waals surface area contributed by atoms with Gasteiger partial charge in [-0.05, 0) is 61.4 Å². The number of benzene rings is 1. The fourth-order valence-electron chi connectivity index (χ4n) is 3.37. The van der Waals surface area contributed by atoms with Gasteiger partial charge in [-0.2, -0.15) is 0 Å². The van der Waals surface area contributed by atoms with Crippen molar-refractivity contribution in [2.24, 2.45) is 11.7 Å². The summed E-state index contributed by atoms with van der Waals surface area (Å²) in [5, 5.41) is 3.70. The van der Waals surface area contributed by atoms with Crippen LogP contribution in [-0.2, 0) is 6.42 Å². The highest BCUT2D eigenvalue weighted by molar-refractivity contribution is 5.92. The lowest BCUT2D eigenvalue weighted by Gasteiger charge is -2.28. The molecule has 1 aromatic heterocycles. The smallest absolute Gasteiger partial charge is 0.250 e. The zero-order chi connectivity index (χ0) is 18.5. The number of carbonyl (C=O) groups is 1. The first-order valence-electron chi connectivity index (χ1n) is 9.33. The third-order valence-electron chi connectivity index (χ3n) is 4.81. The largest absolute Gasteiger partial charge is 0.439 e. The minimum absolute atomic E-state index is 0.377. The molecule has 5 heteroatoms. The molecule has 26 heavy (non-hydrogen) atoms. The Balaban J connectivity index is 1.76. The van der Waals surface area contributed by atoms with Crippen molar-refractivity contribution in [3.8, 4) is 11.6 Å². The highest BCUT2D eigenvalue weighted by Gasteiger charge is 2.22. The molecule has 1 heterocycles. The van der Waals surface area contributed by atoms with Crippen LogP contribution in [0.3, 0.4) is 0 Å². The van der Waals surface area contributed by atoms with Gasteiger partial charge >= 0.3 is 0 Å². The van der Waals surface area contributed by atoms with Gasteiger partial charge in [0.2, 0.25) is 11.8 Å². The lowest BCUT2D eigenvalue weighted by atomic mass is 9.87. The number of amides is 1. The van der Waals surface area contributed by atoms with E-state index in [2.05, 4.69) is 30.2 Å². The molecule has 2 aromatic rings. The van der Waals surface area contributed by atoms with E-state index in [1.54, 1.807) is 12.1 Å². The molecule has 0 saturated heterocycles. The van der Waals surface area contributed by atoms with Crippen LogP contribution in [0.25, 0.3) is 0 Å². The second-order valence-corrected chi connectivity index (χ2v) is 7.26. The zero-order valence-corrected chi connectivity index (χ0v) is 15.5. The normalized spacial score (nSPS) is 16.3. The Morgan fingerprint density at radius 1 is 1.35 bits per heavy atom. The predicted molar refractivity (Wildman–Crippen MR) is 102 cm³/mol. The number of primary amides is 1. The number of nitrogens with two attached hydrogens (primary N) is 1. The molecule has 1 aliphatic rings. The number of nitrogens with one attached hydrogen (secondary N) is 1. The van der Waals surface area contributed by atoms with Crippen molar-refractivity contribution >= 4 is 5.91 Å². The highest BCUT2D eigenvalue weighted by Crippen LogP contribution is 2.36. The van der Waals surface area contributed by atoms with E-state index >= 15 is 0 Å². The fourth-order valence-corrected chi connectivity index (χ4v) is 3.37. The van der Waals surface area contributed by atoms with Crippen molar-refractivity contribution in [1.82, 2.24) is 10.3 Å². The molecular weight excluding hydrogens is 326 g/mol. The minimum Gasteiger partial charge on any atom is -0.439 e. The van der Waals surface area contributed by atoms with E-state index in [0.717, 1.165) is 31.6 Å². The minimum atomic E-state index is -0.489. The molecule has 1 amide bonds. The monoisotopic (exact) mass is 353 g/mol. The van der Waals surface area contributed by atoms with E-state index in [1.807, 2.05) is 12.1 Å². The summed E-state index contributed by atoms with van der Waals surface area (Å²) >= 11 is 0. The SMILES string of the molecule is CC(C)CCNC1CCCc2c(Oc3ccc(C(N)=O)cn3)cccc21. The maximum absolute atomic E-state index is 11.2. The zero-order valence-electron chi connectivity index (χ0n) is 15.5. The Morgan fingerprint density at radius 2 is 2.19 bits per heavy atom. The van der Waals surface area contributed by atoms with E-state index in [-0.39, 0.29) is 0 Å². The number of pyridine rings is 1. The number of ether oxygens (including phenoxy) is 1. The van der Waals surface area contributed by atoms with Crippen LogP contribution in [0.1, 0.15) is 60.6 Å². The van der Waals surface area contributed by atoms with Gasteiger partial charge in [-0.3, -0.25) is 4.79 Å². The molecule has 138 valence electrons. The van der Waals surface area contributed by atoms with E-state index in [4.69, 9.17) is 10.5 Å². The molecule has 3 N–H and O–H groups in total. The second kappa shape index (κ2) is 8.32. The topological polar surface area (TPSA) is 77.2 Å². The van der Waals surface area contributed by atoms with Crippen molar-refractivity contribution in [3.63, 3.8) is 0 Å². The maximum atomic E-state index is 11.2. The molecule has 5 nitrogen and oxygen atoms in total. The number of hydrogen-bond donors (Lipinski definition) is 2. The van der Waals surface area contributed by atoms with E-state index in [0.29, 0.717) is 23.4 Å². The average molecular weight is 353 g/mol. The predicted octanol–water partition coefficient (Wildman–Crippen LogP) is 3.99. The molecular formula is C21H27N3O2. The van der Waals surface area contributed by atoms with Crippen LogP contribution in [0.5, 0.6) is 11.6 Å². The molecule has 0 bridgehead atoms. The molecule has 1 aromatic carbocycles. The van der Waals surface area contributed by atoms with E-state index < -0.39 is 5.91 Å². The first-order valence-corrected chi connectivity index (χ1v) is 9.33. The summed E-state index contributed by atoms with van der Waals surface area (Å²) in [5.41, 5.74) is 8.21. The van der Waals surface area contributed by atoms with Crippen LogP contribution in [-0.4, -0.2) is 17.4 Å². The van der Waals surface area contributed by atoms with Crippen LogP contribution < -0.4 is 15.8 Å². The van der Waals surface area contributed by atoms with Gasteiger partial charge in [-0.25, -0.2) is 4.98 Å². The van der Waals surface area contributed by atoms with Crippen molar-refractivity contribution in [2.75, 3.05) is 6.54 Å². The van der Waals surface area contributed by atoms with Gasteiger partial charge in [0.05, 0.1) is 5.56 Å². The summed E-state index contributed by atoms with van der Waals surface area (Å²) in [6.07, 6.45) is 5.93. The van der Waals surface area contributed by atoms with Crippen LogP contribution >= 0.6 is 0 Å². The summed E-state index contributed by atoms with van der Waals surface area (Å²) in [7, 11) is 0. The van der Waals surface area contributed by atoms with Crippen molar-refractivity contribution in [3.05, 3.63) is 53.2 Å². The highest BCUT2D eigenvalue weighted by atomic mass is 16.5. The van der Waals surface area contributed by atoms with E-state index in [1.165, 1.54) is 23.7 Å². The van der Waals surface area contributed by atoms with Gasteiger partial charge in [0, 0.05) is 18.3 Å². The standard InChI is InChI=1S/C21H27N3O2/c1-14(2)11-12-23-18-7-3-6-17-16(18)5-4-8-19(17)26-20-10-9-15(13-24-20)21(22)25/h4-5,8-10,13-14,18,23H,3,6-7,11-12H2,1-2H3,(H2,22,25). The first-order chi connectivity index (χ1) is 12.5. The van der Waals surface area contributed by atoms with Crippen LogP contribution in [0.15, 0.2) is 36.5 Å². The van der Waals surface area contributed by atoms with Gasteiger partial charge in [-0.15, -0.1) is 0 Å². The van der Waals surface area contributed by atoms with Gasteiger partial charge in [0.15, 0.2) is 0 Å². The van der Waals surface area contributed by atoms with Crippen LogP contribution in [0.4, 0.5) is 0 Å². The molecule has 1 aliphatic carbocycles. The van der Waals surface area contributed by atoms with Gasteiger partial charge in [0.1, 0.15) is 5.75 Å². The summed E-state index contributed by atoms with van der Waals surface area (Å²) in [4.78, 5) is 15.4. The number of rotatable bonds is 7. The van der Waals surface area contributed by atoms with Crippen LogP contribution in [0, 0.1) is 5.92 Å². The number of carbonyl (C=O) groups excluding carboxylic acids is 1. The quantitative estimate of drug-likeness (QED) is 0.789. The number of hydrogen-bond acceptors (Lipinski definition) is 4. The maximum Gasteiger partial charge on any atom is 0.250 e. The molecule has 0 saturated carbocycles. The van der Waals surface area contributed by atoms with Gasteiger partial charge in [0.25, 0.3) is 0 Å². The Kier molecular flexibility index (Phi) is 5.89. The Bertz CT molecular complexity index is 756. The van der Waals surface area contributed by atoms with Crippen molar-refractivity contribution in [1.29, 1.82) is 0 Å². The first kappa shape index (κ1) is 18.4. The lowest BCUT2D eigenvalue weighted by molar-refractivity contribution is 0.1000. The third kappa shape index (κ3) is 4.41. The fraction of sp³-hybridized carbons (Fsp3) is 0.429. The second-order valence-electron chi connectivity index (χ2n) is 7.26. The summed E-state index contributed by atoms with van der Waals surface area (Å²) in [5.74, 6) is 1.53. The number of fused-ring (bicyclic) bond motifs is 1. The summed E-state index contributed by atoms with van der Waals surface area (Å²) < 4.78 is 6.01. The molecule has 1 unspecified atom stereocenters. The molecule has 0 spiro atoms. The molecule has 0 radical (unpaired) electrons. The average Bonchev–Trinajstić information content (AvgIpc) is 2.62. The van der Waals surface area contributed by atoms with E-state index in [9.17, 15) is 4.79 Å². The van der Waals surface area contributed by atoms with Gasteiger partial charge in [-0.1, -0.05) is 26.0 Å². The Labute approximate surface area is 155 Å². The third-order valence-corrected chi connectivity index (χ3v) is 4.81. The number of aromatic nitrogens is 1. The number of nitrogens with zero attached hydrogens (tertiary/aromatic N) is 1. The molecule has 0 fully saturated rings. The molecule has 0 aliphatic heterocycles. The van der Waals surface area contributed by atoms with Crippen LogP contribution in [0.2, 0.25) is 0 Å². The molecule has 1 atom stereocenters. The van der Waals surface area contributed by atoms with Crippen molar-refractivity contribution in [2.45, 2.75) is 45.6 Å². The summed E-state index contributed by atoms with van der Waals surface area (Å²) in [6, 6.07) is 9.91.